The maximum atomic E-state index is 8.73. The molecule has 1 aromatic rings. The summed E-state index contributed by atoms with van der Waals surface area (Å²) in [7, 11) is 1.52. The van der Waals surface area contributed by atoms with Gasteiger partial charge in [-0.05, 0) is 39.7 Å². The summed E-state index contributed by atoms with van der Waals surface area (Å²) in [6, 6.07) is 7.05. The molecule has 19 heavy (non-hydrogen) atoms. The van der Waals surface area contributed by atoms with E-state index in [0.717, 1.165) is 0 Å². The summed E-state index contributed by atoms with van der Waals surface area (Å²) >= 11 is 3.37. The predicted octanol–water partition coefficient (Wildman–Crippen LogP) is 3.45. The van der Waals surface area contributed by atoms with Crippen molar-refractivity contribution in [1.82, 2.24) is 0 Å². The van der Waals surface area contributed by atoms with Crippen molar-refractivity contribution in [2.75, 3.05) is 13.7 Å². The number of ether oxygens (including phenoxy) is 2. The van der Waals surface area contributed by atoms with E-state index in [9.17, 15) is 0 Å². The van der Waals surface area contributed by atoms with Crippen molar-refractivity contribution >= 4 is 22.0 Å². The highest BCUT2D eigenvalue weighted by Crippen LogP contribution is 2.37. The van der Waals surface area contributed by atoms with Gasteiger partial charge in [0.25, 0.3) is 0 Å². The predicted molar refractivity (Wildman–Crippen MR) is 75.6 cm³/mol. The lowest BCUT2D eigenvalue weighted by Gasteiger charge is -2.12. The zero-order valence-corrected chi connectivity index (χ0v) is 11.9. The largest absolute Gasteiger partial charge is 0.493 e. The molecule has 4 nitrogen and oxygen atoms in total. The molecular formula is C14H11BrN2O2. The molecule has 0 amide bonds. The molecule has 0 radical (unpaired) electrons. The number of allylic oxidation sites excluding steroid dienone is 1. The Balaban J connectivity index is 3.24. The number of benzene rings is 1. The number of nitriles is 2. The highest BCUT2D eigenvalue weighted by atomic mass is 79.9. The fourth-order valence-electron chi connectivity index (χ4n) is 1.36. The van der Waals surface area contributed by atoms with Gasteiger partial charge in [0, 0.05) is 0 Å². The summed E-state index contributed by atoms with van der Waals surface area (Å²) in [6.45, 7) is 3.93. The summed E-state index contributed by atoms with van der Waals surface area (Å²) in [5.41, 5.74) is 0.696. The van der Waals surface area contributed by atoms with Crippen LogP contribution in [0.15, 0.2) is 34.8 Å². The van der Waals surface area contributed by atoms with Crippen LogP contribution in [-0.4, -0.2) is 13.7 Å². The minimum atomic E-state index is 0.0220. The molecule has 0 unspecified atom stereocenters. The topological polar surface area (TPSA) is 66.0 Å². The van der Waals surface area contributed by atoms with E-state index in [-0.39, 0.29) is 5.57 Å². The Morgan fingerprint density at radius 1 is 1.42 bits per heavy atom. The van der Waals surface area contributed by atoms with Crippen LogP contribution in [0.25, 0.3) is 6.08 Å². The fourth-order valence-corrected chi connectivity index (χ4v) is 1.94. The van der Waals surface area contributed by atoms with Crippen molar-refractivity contribution in [2.45, 2.75) is 0 Å². The van der Waals surface area contributed by atoms with E-state index in [1.165, 1.54) is 13.2 Å². The van der Waals surface area contributed by atoms with E-state index >= 15 is 0 Å². The maximum Gasteiger partial charge on any atom is 0.175 e. The minimum absolute atomic E-state index is 0.0220. The van der Waals surface area contributed by atoms with E-state index in [1.807, 2.05) is 0 Å². The molecule has 0 spiro atoms. The van der Waals surface area contributed by atoms with Crippen LogP contribution >= 0.6 is 15.9 Å². The van der Waals surface area contributed by atoms with Crippen LogP contribution < -0.4 is 9.47 Å². The highest BCUT2D eigenvalue weighted by Gasteiger charge is 2.11. The smallest absolute Gasteiger partial charge is 0.175 e. The number of halogens is 1. The maximum absolute atomic E-state index is 8.73. The second-order valence-electron chi connectivity index (χ2n) is 3.42. The van der Waals surface area contributed by atoms with Crippen LogP contribution in [0.3, 0.4) is 0 Å². The van der Waals surface area contributed by atoms with Gasteiger partial charge in [0.2, 0.25) is 0 Å². The Morgan fingerprint density at radius 2 is 2.11 bits per heavy atom. The first kappa shape index (κ1) is 14.8. The Kier molecular flexibility index (Phi) is 5.66. The second kappa shape index (κ2) is 7.25. The molecule has 0 fully saturated rings. The number of methoxy groups -OCH3 is 1. The molecule has 0 atom stereocenters. The number of nitrogens with zero attached hydrogens (tertiary/aromatic N) is 2. The molecule has 1 aromatic carbocycles. The van der Waals surface area contributed by atoms with Gasteiger partial charge in [0.05, 0.1) is 11.6 Å². The third-order valence-corrected chi connectivity index (χ3v) is 2.74. The molecule has 5 heteroatoms. The molecule has 0 aliphatic carbocycles. The molecule has 96 valence electrons. The van der Waals surface area contributed by atoms with Crippen molar-refractivity contribution in [1.29, 1.82) is 10.5 Å². The van der Waals surface area contributed by atoms with Gasteiger partial charge < -0.3 is 9.47 Å². The average Bonchev–Trinajstić information content (AvgIpc) is 2.43. The second-order valence-corrected chi connectivity index (χ2v) is 4.27. The lowest BCUT2D eigenvalue weighted by Crippen LogP contribution is -1.97. The van der Waals surface area contributed by atoms with Gasteiger partial charge in [0.1, 0.15) is 24.3 Å². The van der Waals surface area contributed by atoms with Gasteiger partial charge in [-0.25, -0.2) is 0 Å². The van der Waals surface area contributed by atoms with Gasteiger partial charge in [-0.2, -0.15) is 10.5 Å². The first-order valence-corrected chi connectivity index (χ1v) is 6.08. The van der Waals surface area contributed by atoms with Gasteiger partial charge in [-0.3, -0.25) is 0 Å². The molecular weight excluding hydrogens is 308 g/mol. The zero-order valence-electron chi connectivity index (χ0n) is 10.3. The summed E-state index contributed by atoms with van der Waals surface area (Å²) in [5, 5.41) is 17.5. The Bertz CT molecular complexity index is 579. The average molecular weight is 319 g/mol. The zero-order chi connectivity index (χ0) is 14.3. The quantitative estimate of drug-likeness (QED) is 0.616. The normalized spacial score (nSPS) is 8.84. The summed E-state index contributed by atoms with van der Waals surface area (Å²) < 4.78 is 11.4. The number of rotatable bonds is 5. The Morgan fingerprint density at radius 3 is 2.63 bits per heavy atom. The van der Waals surface area contributed by atoms with Crippen LogP contribution in [-0.2, 0) is 0 Å². The molecule has 0 saturated heterocycles. The summed E-state index contributed by atoms with van der Waals surface area (Å²) in [6.07, 6.45) is 3.10. The molecule has 0 saturated carbocycles. The first-order valence-electron chi connectivity index (χ1n) is 5.29. The van der Waals surface area contributed by atoms with Gasteiger partial charge in [-0.1, -0.05) is 12.7 Å². The van der Waals surface area contributed by atoms with E-state index in [0.29, 0.717) is 28.1 Å². The van der Waals surface area contributed by atoms with Crippen LogP contribution in [0.5, 0.6) is 11.5 Å². The third-order valence-electron chi connectivity index (χ3n) is 2.15. The van der Waals surface area contributed by atoms with Crippen LogP contribution in [0.1, 0.15) is 5.56 Å². The Hall–Kier alpha value is -2.24. The fraction of sp³-hybridized carbons (Fsp3) is 0.143. The molecule has 0 bridgehead atoms. The van der Waals surface area contributed by atoms with Gasteiger partial charge in [0.15, 0.2) is 11.5 Å². The van der Waals surface area contributed by atoms with Crippen molar-refractivity contribution in [3.63, 3.8) is 0 Å². The lowest BCUT2D eigenvalue weighted by molar-refractivity contribution is 0.324. The van der Waals surface area contributed by atoms with Crippen LogP contribution in [0.2, 0.25) is 0 Å². The molecule has 0 aliphatic rings. The van der Waals surface area contributed by atoms with Crippen molar-refractivity contribution in [3.05, 3.63) is 40.4 Å². The van der Waals surface area contributed by atoms with Gasteiger partial charge >= 0.3 is 0 Å². The standard InChI is InChI=1S/C14H11BrN2O2/c1-3-4-19-14-12(15)6-10(7-13(14)18-2)5-11(8-16)9-17/h3,5-7H,1,4H2,2H3. The first-order chi connectivity index (χ1) is 9.15. The Labute approximate surface area is 120 Å². The minimum Gasteiger partial charge on any atom is -0.493 e. The number of hydrogen-bond donors (Lipinski definition) is 0. The van der Waals surface area contributed by atoms with Gasteiger partial charge in [-0.15, -0.1) is 0 Å². The molecule has 0 heterocycles. The molecule has 0 aliphatic heterocycles. The molecule has 1 rings (SSSR count). The van der Waals surface area contributed by atoms with Crippen LogP contribution in [0.4, 0.5) is 0 Å². The summed E-state index contributed by atoms with van der Waals surface area (Å²) in [4.78, 5) is 0. The van der Waals surface area contributed by atoms with Crippen LogP contribution in [0, 0.1) is 22.7 Å². The van der Waals surface area contributed by atoms with E-state index < -0.39 is 0 Å². The van der Waals surface area contributed by atoms with Crippen molar-refractivity contribution in [2.24, 2.45) is 0 Å². The lowest BCUT2D eigenvalue weighted by atomic mass is 10.1. The van der Waals surface area contributed by atoms with E-state index in [1.54, 1.807) is 30.3 Å². The van der Waals surface area contributed by atoms with E-state index in [2.05, 4.69) is 22.5 Å². The van der Waals surface area contributed by atoms with Crippen molar-refractivity contribution < 1.29 is 9.47 Å². The SMILES string of the molecule is C=CCOc1c(Br)cc(C=C(C#N)C#N)cc1OC. The molecule has 0 N–H and O–H groups in total. The summed E-state index contributed by atoms with van der Waals surface area (Å²) in [5.74, 6) is 1.06. The number of hydrogen-bond acceptors (Lipinski definition) is 4. The monoisotopic (exact) mass is 318 g/mol. The third kappa shape index (κ3) is 3.87. The van der Waals surface area contributed by atoms with Crippen molar-refractivity contribution in [3.8, 4) is 23.6 Å². The van der Waals surface area contributed by atoms with E-state index in [4.69, 9.17) is 20.0 Å². The highest BCUT2D eigenvalue weighted by molar-refractivity contribution is 9.10. The molecule has 0 aromatic heterocycles.